The molecule has 0 bridgehead atoms. The molecule has 0 aromatic carbocycles. The van der Waals surface area contributed by atoms with Gasteiger partial charge in [0.2, 0.25) is 23.6 Å². The Bertz CT molecular complexity index is 713. The van der Waals surface area contributed by atoms with E-state index in [1.807, 2.05) is 0 Å². The number of carbonyl (C=O) groups excluding carboxylic acids is 4. The summed E-state index contributed by atoms with van der Waals surface area (Å²) in [6.07, 6.45) is -1.17. The van der Waals surface area contributed by atoms with Crippen LogP contribution in [0, 0.1) is 5.92 Å². The van der Waals surface area contributed by atoms with Gasteiger partial charge in [0.15, 0.2) is 0 Å². The van der Waals surface area contributed by atoms with E-state index >= 15 is 0 Å². The number of hydrogen-bond donors (Lipinski definition) is 8. The minimum absolute atomic E-state index is 0.109. The van der Waals surface area contributed by atoms with E-state index in [1.165, 1.54) is 0 Å². The molecule has 0 radical (unpaired) electrons. The molecule has 0 aromatic rings. The summed E-state index contributed by atoms with van der Waals surface area (Å²) in [6, 6.07) is -5.47. The molecule has 0 aliphatic rings. The molecule has 0 heterocycles. The second kappa shape index (κ2) is 13.9. The van der Waals surface area contributed by atoms with Crippen LogP contribution in [0.5, 0.6) is 0 Å². The van der Waals surface area contributed by atoms with Crippen LogP contribution in [0.2, 0.25) is 0 Å². The predicted molar refractivity (Wildman–Crippen MR) is 109 cm³/mol. The second-order valence-corrected chi connectivity index (χ2v) is 7.42. The zero-order chi connectivity index (χ0) is 25.0. The molecule has 4 unspecified atom stereocenters. The van der Waals surface area contributed by atoms with Crippen molar-refractivity contribution < 1.29 is 44.1 Å². The first kappa shape index (κ1) is 28.7. The highest BCUT2D eigenvalue weighted by atomic mass is 16.4. The number of carboxylic acid groups (broad SMARTS) is 2. The first-order valence-electron chi connectivity index (χ1n) is 9.80. The van der Waals surface area contributed by atoms with Crippen LogP contribution in [0.1, 0.15) is 39.5 Å². The van der Waals surface area contributed by atoms with Gasteiger partial charge in [-0.05, 0) is 18.8 Å². The average Bonchev–Trinajstić information content (AvgIpc) is 2.69. The third-order valence-electron chi connectivity index (χ3n) is 4.36. The van der Waals surface area contributed by atoms with E-state index in [0.717, 1.165) is 0 Å². The van der Waals surface area contributed by atoms with Crippen LogP contribution in [0.15, 0.2) is 0 Å². The van der Waals surface area contributed by atoms with Gasteiger partial charge >= 0.3 is 11.9 Å². The molecule has 4 atom stereocenters. The molecule has 14 heteroatoms. The topological polar surface area (TPSA) is 251 Å². The Kier molecular flexibility index (Phi) is 12.5. The largest absolute Gasteiger partial charge is 0.481 e. The number of hydrogen-bond acceptors (Lipinski definition) is 8. The Morgan fingerprint density at radius 1 is 0.812 bits per heavy atom. The van der Waals surface area contributed by atoms with Gasteiger partial charge < -0.3 is 42.7 Å². The highest BCUT2D eigenvalue weighted by Gasteiger charge is 2.31. The van der Waals surface area contributed by atoms with Crippen molar-refractivity contribution in [1.29, 1.82) is 0 Å². The quantitative estimate of drug-likeness (QED) is 0.120. The van der Waals surface area contributed by atoms with E-state index in [4.69, 9.17) is 21.7 Å². The molecule has 0 rings (SSSR count). The highest BCUT2D eigenvalue weighted by Crippen LogP contribution is 2.04. The summed E-state index contributed by atoms with van der Waals surface area (Å²) in [5.41, 5.74) is 10.6. The van der Waals surface area contributed by atoms with Crippen molar-refractivity contribution in [3.05, 3.63) is 0 Å². The van der Waals surface area contributed by atoms with Gasteiger partial charge in [0.05, 0.1) is 12.6 Å². The number of rotatable bonds is 15. The SMILES string of the molecule is CC(C)C(NC(=O)C(CO)NC(=O)C(CCC(=O)O)NC(=O)C(N)CCC(N)=O)C(=O)O. The lowest BCUT2D eigenvalue weighted by Crippen LogP contribution is -2.58. The van der Waals surface area contributed by atoms with Crippen molar-refractivity contribution in [2.45, 2.75) is 63.7 Å². The van der Waals surface area contributed by atoms with E-state index in [9.17, 15) is 33.9 Å². The van der Waals surface area contributed by atoms with Gasteiger partial charge in [-0.3, -0.25) is 24.0 Å². The van der Waals surface area contributed by atoms with Gasteiger partial charge in [-0.1, -0.05) is 13.8 Å². The molecule has 14 nitrogen and oxygen atoms in total. The van der Waals surface area contributed by atoms with E-state index in [1.54, 1.807) is 13.8 Å². The third-order valence-corrected chi connectivity index (χ3v) is 4.36. The summed E-state index contributed by atoms with van der Waals surface area (Å²) in [5.74, 6) is -6.58. The smallest absolute Gasteiger partial charge is 0.326 e. The molecule has 182 valence electrons. The number of carbonyl (C=O) groups is 6. The normalized spacial score (nSPS) is 14.5. The Labute approximate surface area is 184 Å². The minimum Gasteiger partial charge on any atom is -0.481 e. The standard InChI is InChI=1S/C18H31N5O9/c1-8(2)14(18(31)32)23-17(30)11(7-24)22-16(29)10(4-6-13(26)27)21-15(28)9(19)3-5-12(20)25/h8-11,14,24H,3-7,19H2,1-2H3,(H2,20,25)(H,21,28)(H,22,29)(H,23,30)(H,26,27)(H,31,32). The predicted octanol–water partition coefficient (Wildman–Crippen LogP) is -3.37. The number of aliphatic carboxylic acids is 2. The Morgan fingerprint density at radius 3 is 1.78 bits per heavy atom. The summed E-state index contributed by atoms with van der Waals surface area (Å²) in [7, 11) is 0. The third kappa shape index (κ3) is 10.7. The van der Waals surface area contributed by atoms with Gasteiger partial charge in [0, 0.05) is 12.8 Å². The zero-order valence-electron chi connectivity index (χ0n) is 17.9. The fraction of sp³-hybridized carbons (Fsp3) is 0.667. The lowest BCUT2D eigenvalue weighted by molar-refractivity contribution is -0.143. The molecule has 0 spiro atoms. The molecule has 0 saturated heterocycles. The molecule has 0 aliphatic heterocycles. The summed E-state index contributed by atoms with van der Waals surface area (Å²) < 4.78 is 0. The van der Waals surface area contributed by atoms with Crippen LogP contribution in [0.25, 0.3) is 0 Å². The molecular weight excluding hydrogens is 430 g/mol. The van der Waals surface area contributed by atoms with Gasteiger partial charge in [-0.25, -0.2) is 4.79 Å². The first-order chi connectivity index (χ1) is 14.8. The lowest BCUT2D eigenvalue weighted by Gasteiger charge is -2.25. The van der Waals surface area contributed by atoms with Gasteiger partial charge in [0.1, 0.15) is 18.1 Å². The van der Waals surface area contributed by atoms with E-state index in [2.05, 4.69) is 16.0 Å². The van der Waals surface area contributed by atoms with Crippen molar-refractivity contribution in [1.82, 2.24) is 16.0 Å². The maximum atomic E-state index is 12.6. The first-order valence-corrected chi connectivity index (χ1v) is 9.80. The molecular formula is C18H31N5O9. The van der Waals surface area contributed by atoms with Crippen LogP contribution in [0.3, 0.4) is 0 Å². The number of nitrogens with two attached hydrogens (primary N) is 2. The number of aliphatic hydroxyl groups excluding tert-OH is 1. The molecule has 0 aromatic heterocycles. The lowest BCUT2D eigenvalue weighted by atomic mass is 10.0. The zero-order valence-corrected chi connectivity index (χ0v) is 17.9. The highest BCUT2D eigenvalue weighted by molar-refractivity contribution is 5.94. The Hall–Kier alpha value is -3.26. The molecule has 32 heavy (non-hydrogen) atoms. The average molecular weight is 461 g/mol. The van der Waals surface area contributed by atoms with Crippen molar-refractivity contribution >= 4 is 35.6 Å². The van der Waals surface area contributed by atoms with Crippen molar-refractivity contribution in [2.75, 3.05) is 6.61 Å². The monoisotopic (exact) mass is 461 g/mol. The van der Waals surface area contributed by atoms with Crippen molar-refractivity contribution in [2.24, 2.45) is 17.4 Å². The fourth-order valence-electron chi connectivity index (χ4n) is 2.48. The van der Waals surface area contributed by atoms with Crippen LogP contribution in [-0.4, -0.2) is 81.7 Å². The second-order valence-electron chi connectivity index (χ2n) is 7.42. The molecule has 10 N–H and O–H groups in total. The summed E-state index contributed by atoms with van der Waals surface area (Å²) >= 11 is 0. The van der Waals surface area contributed by atoms with Crippen LogP contribution in [-0.2, 0) is 28.8 Å². The van der Waals surface area contributed by atoms with Crippen molar-refractivity contribution in [3.8, 4) is 0 Å². The number of primary amides is 1. The minimum atomic E-state index is -1.56. The number of carboxylic acids is 2. The Morgan fingerprint density at radius 2 is 1.34 bits per heavy atom. The molecule has 4 amide bonds. The van der Waals surface area contributed by atoms with E-state index in [0.29, 0.717) is 0 Å². The number of aliphatic hydroxyl groups is 1. The fourth-order valence-corrected chi connectivity index (χ4v) is 2.48. The Balaban J connectivity index is 5.29. The van der Waals surface area contributed by atoms with Crippen LogP contribution < -0.4 is 27.4 Å². The van der Waals surface area contributed by atoms with Crippen molar-refractivity contribution in [3.63, 3.8) is 0 Å². The van der Waals surface area contributed by atoms with Gasteiger partial charge in [0.25, 0.3) is 0 Å². The summed E-state index contributed by atoms with van der Waals surface area (Å²) in [5, 5.41) is 34.1. The molecule has 0 fully saturated rings. The number of nitrogens with one attached hydrogen (secondary N) is 3. The number of amides is 4. The van der Waals surface area contributed by atoms with E-state index < -0.39 is 78.7 Å². The maximum Gasteiger partial charge on any atom is 0.326 e. The molecule has 0 aliphatic carbocycles. The maximum absolute atomic E-state index is 12.6. The van der Waals surface area contributed by atoms with Crippen LogP contribution in [0.4, 0.5) is 0 Å². The summed E-state index contributed by atoms with van der Waals surface area (Å²) in [4.78, 5) is 70.0. The van der Waals surface area contributed by atoms with Gasteiger partial charge in [-0.2, -0.15) is 0 Å². The molecule has 0 saturated carbocycles. The van der Waals surface area contributed by atoms with E-state index in [-0.39, 0.29) is 19.3 Å². The van der Waals surface area contributed by atoms with Crippen LogP contribution >= 0.6 is 0 Å². The van der Waals surface area contributed by atoms with Gasteiger partial charge in [-0.15, -0.1) is 0 Å². The summed E-state index contributed by atoms with van der Waals surface area (Å²) in [6.45, 7) is 2.20.